The van der Waals surface area contributed by atoms with Crippen LogP contribution in [0.15, 0.2) is 38.0 Å². The van der Waals surface area contributed by atoms with Crippen molar-refractivity contribution in [2.75, 3.05) is 13.1 Å². The van der Waals surface area contributed by atoms with Gasteiger partial charge < -0.3 is 0 Å². The van der Waals surface area contributed by atoms with Gasteiger partial charge in [0, 0.05) is 19.6 Å². The third-order valence-electron chi connectivity index (χ3n) is 1.04. The average molecular weight is 137 g/mol. The van der Waals surface area contributed by atoms with E-state index in [1.807, 2.05) is 18.7 Å². The Balaban J connectivity index is 3.58. The molecule has 0 heterocycles. The van der Waals surface area contributed by atoms with E-state index >= 15 is 0 Å². The highest BCUT2D eigenvalue weighted by atomic mass is 15.2. The van der Waals surface area contributed by atoms with Crippen LogP contribution in [0.5, 0.6) is 0 Å². The van der Waals surface area contributed by atoms with E-state index in [-0.39, 0.29) is 0 Å². The van der Waals surface area contributed by atoms with Gasteiger partial charge in [0.25, 0.3) is 0 Å². The predicted molar refractivity (Wildman–Crippen MR) is 46.5 cm³/mol. The van der Waals surface area contributed by atoms with Gasteiger partial charge in [-0.1, -0.05) is 18.2 Å². The molecule has 0 aromatic heterocycles. The van der Waals surface area contributed by atoms with Crippen molar-refractivity contribution in [2.45, 2.75) is 0 Å². The molecule has 0 amide bonds. The van der Waals surface area contributed by atoms with Crippen LogP contribution in [0.1, 0.15) is 0 Å². The molecule has 0 atom stereocenters. The van der Waals surface area contributed by atoms with Crippen molar-refractivity contribution in [1.29, 1.82) is 0 Å². The third-order valence-corrected chi connectivity index (χ3v) is 1.04. The molecule has 0 bridgehead atoms. The first-order valence-corrected chi connectivity index (χ1v) is 3.27. The van der Waals surface area contributed by atoms with E-state index in [1.54, 1.807) is 6.08 Å². The summed E-state index contributed by atoms with van der Waals surface area (Å²) in [6.07, 6.45) is 5.46. The van der Waals surface area contributed by atoms with Gasteiger partial charge in [0.1, 0.15) is 0 Å². The van der Waals surface area contributed by atoms with Crippen LogP contribution in [0, 0.1) is 6.54 Å². The molecule has 0 aliphatic heterocycles. The van der Waals surface area contributed by atoms with E-state index in [0.29, 0.717) is 0 Å². The van der Waals surface area contributed by atoms with Crippen molar-refractivity contribution in [3.63, 3.8) is 0 Å². The second kappa shape index (κ2) is 6.30. The Hall–Kier alpha value is -0.820. The molecule has 0 unspecified atom stereocenters. The Bertz CT molecular complexity index is 92.1. The highest BCUT2D eigenvalue weighted by Crippen LogP contribution is 1.93. The van der Waals surface area contributed by atoms with Gasteiger partial charge in [0.2, 0.25) is 0 Å². The summed E-state index contributed by atoms with van der Waals surface area (Å²) in [5.74, 6) is 0. The normalized spacial score (nSPS) is 9.30. The summed E-state index contributed by atoms with van der Waals surface area (Å²) in [5, 5.41) is 0. The van der Waals surface area contributed by atoms with E-state index in [2.05, 4.69) is 24.6 Å². The number of hydrogen-bond donors (Lipinski definition) is 0. The van der Waals surface area contributed by atoms with Gasteiger partial charge in [-0.05, 0) is 0 Å². The molecule has 0 aromatic carbocycles. The smallest absolute Gasteiger partial charge is 0.0474 e. The Labute approximate surface area is 63.3 Å². The standard InChI is InChI=1S/C9H14N/c1-4-7-10(8-5-2)9-6-3/h4-7H,1-3,8-9H2/i8+1. The monoisotopic (exact) mass is 137 g/mol. The topological polar surface area (TPSA) is 3.24 Å². The molecule has 0 saturated heterocycles. The van der Waals surface area contributed by atoms with Gasteiger partial charge in [-0.25, -0.2) is 0 Å². The summed E-state index contributed by atoms with van der Waals surface area (Å²) in [4.78, 5) is 2.06. The van der Waals surface area contributed by atoms with Gasteiger partial charge in [-0.3, -0.25) is 4.90 Å². The van der Waals surface area contributed by atoms with Crippen LogP contribution in [0.2, 0.25) is 0 Å². The fraction of sp³-hybridized carbons (Fsp3) is 0.222. The maximum Gasteiger partial charge on any atom is 0.0474 e. The summed E-state index contributed by atoms with van der Waals surface area (Å²) in [5.41, 5.74) is 0. The van der Waals surface area contributed by atoms with Crippen molar-refractivity contribution in [1.82, 2.24) is 4.90 Å². The quantitative estimate of drug-likeness (QED) is 0.400. The van der Waals surface area contributed by atoms with Crippen LogP contribution in [0.4, 0.5) is 0 Å². The van der Waals surface area contributed by atoms with Crippen molar-refractivity contribution < 1.29 is 0 Å². The van der Waals surface area contributed by atoms with Crippen LogP contribution in [-0.2, 0) is 0 Å². The summed E-state index contributed by atoms with van der Waals surface area (Å²) in [6, 6.07) is 0. The lowest BCUT2D eigenvalue weighted by Crippen LogP contribution is -2.19. The second-order valence-electron chi connectivity index (χ2n) is 1.92. The predicted octanol–water partition coefficient (Wildman–Crippen LogP) is 2.01. The molecule has 0 saturated carbocycles. The van der Waals surface area contributed by atoms with Gasteiger partial charge in [-0.15, -0.1) is 19.7 Å². The zero-order valence-electron chi connectivity index (χ0n) is 6.29. The molecule has 0 aromatic rings. The first-order chi connectivity index (χ1) is 4.85. The molecule has 1 radical (unpaired) electrons. The third kappa shape index (κ3) is 4.10. The minimum atomic E-state index is 0.845. The second-order valence-corrected chi connectivity index (χ2v) is 1.92. The van der Waals surface area contributed by atoms with E-state index in [4.69, 9.17) is 0 Å². The maximum atomic E-state index is 3.63. The fourth-order valence-electron chi connectivity index (χ4n) is 0.677. The van der Waals surface area contributed by atoms with Gasteiger partial charge >= 0.3 is 0 Å². The lowest BCUT2D eigenvalue weighted by Gasteiger charge is -2.14. The largest absolute Gasteiger partial charge is 0.288 e. The van der Waals surface area contributed by atoms with Crippen molar-refractivity contribution in [2.24, 2.45) is 0 Å². The fourth-order valence-corrected chi connectivity index (χ4v) is 0.677. The number of rotatable bonds is 6. The highest BCUT2D eigenvalue weighted by molar-refractivity contribution is 4.92. The van der Waals surface area contributed by atoms with Crippen molar-refractivity contribution in [3.05, 3.63) is 44.5 Å². The molecule has 0 N–H and O–H groups in total. The molecule has 10 heavy (non-hydrogen) atoms. The number of hydrogen-bond acceptors (Lipinski definition) is 1. The highest BCUT2D eigenvalue weighted by Gasteiger charge is 1.94. The SMILES string of the molecule is C=C[CH]N(CC=C)[13CH2]C=C. The molecule has 0 aliphatic carbocycles. The summed E-state index contributed by atoms with van der Waals surface area (Å²) >= 11 is 0. The Kier molecular flexibility index (Phi) is 5.79. The van der Waals surface area contributed by atoms with E-state index in [0.717, 1.165) is 13.1 Å². The molecule has 55 valence electrons. The molecule has 0 rings (SSSR count). The van der Waals surface area contributed by atoms with Crippen LogP contribution >= 0.6 is 0 Å². The van der Waals surface area contributed by atoms with Gasteiger partial charge in [0.05, 0.1) is 0 Å². The maximum absolute atomic E-state index is 3.63. The summed E-state index contributed by atoms with van der Waals surface area (Å²) in [7, 11) is 0. The van der Waals surface area contributed by atoms with E-state index in [1.165, 1.54) is 0 Å². The molecule has 1 nitrogen and oxygen atoms in total. The lowest BCUT2D eigenvalue weighted by molar-refractivity contribution is 0.428. The summed E-state index contributed by atoms with van der Waals surface area (Å²) in [6.45, 7) is 14.5. The zero-order chi connectivity index (χ0) is 7.82. The molecule has 1 heteroatoms. The van der Waals surface area contributed by atoms with E-state index in [9.17, 15) is 0 Å². The van der Waals surface area contributed by atoms with Gasteiger partial charge in [-0.2, -0.15) is 0 Å². The average Bonchev–Trinajstić information content (AvgIpc) is 1.90. The van der Waals surface area contributed by atoms with Crippen LogP contribution in [0.25, 0.3) is 0 Å². The molecular weight excluding hydrogens is 123 g/mol. The van der Waals surface area contributed by atoms with Crippen LogP contribution in [-0.4, -0.2) is 18.0 Å². The molecule has 0 spiro atoms. The lowest BCUT2D eigenvalue weighted by atomic mass is 10.5. The Morgan fingerprint density at radius 3 is 1.80 bits per heavy atom. The number of nitrogens with zero attached hydrogens (tertiary/aromatic N) is 1. The minimum absolute atomic E-state index is 0.845. The minimum Gasteiger partial charge on any atom is -0.288 e. The van der Waals surface area contributed by atoms with Crippen molar-refractivity contribution in [3.8, 4) is 0 Å². The Morgan fingerprint density at radius 2 is 1.50 bits per heavy atom. The first kappa shape index (κ1) is 9.18. The molecule has 0 aliphatic rings. The van der Waals surface area contributed by atoms with Gasteiger partial charge in [0.15, 0.2) is 0 Å². The molecule has 0 fully saturated rings. The first-order valence-electron chi connectivity index (χ1n) is 3.27. The zero-order valence-corrected chi connectivity index (χ0v) is 6.29. The van der Waals surface area contributed by atoms with Crippen LogP contribution < -0.4 is 0 Å². The van der Waals surface area contributed by atoms with Crippen molar-refractivity contribution >= 4 is 0 Å². The summed E-state index contributed by atoms with van der Waals surface area (Å²) < 4.78 is 0. The van der Waals surface area contributed by atoms with Crippen LogP contribution in [0.3, 0.4) is 0 Å². The molecular formula is C9H14N. The Morgan fingerprint density at radius 1 is 1.00 bits per heavy atom. The van der Waals surface area contributed by atoms with E-state index < -0.39 is 0 Å².